The smallest absolute Gasteiger partial charge is 0.345 e. The summed E-state index contributed by atoms with van der Waals surface area (Å²) in [5.74, 6) is 0.779. The van der Waals surface area contributed by atoms with Gasteiger partial charge in [-0.25, -0.2) is 9.48 Å². The lowest BCUT2D eigenvalue weighted by Gasteiger charge is -2.03. The molecule has 0 amide bonds. The topological polar surface area (TPSA) is 49.0 Å². The zero-order valence-electron chi connectivity index (χ0n) is 9.25. The van der Waals surface area contributed by atoms with Crippen LogP contribution in [-0.4, -0.2) is 21.5 Å². The van der Waals surface area contributed by atoms with E-state index < -0.39 is 0 Å². The van der Waals surface area contributed by atoms with Crippen LogP contribution in [0.4, 0.5) is 0 Å². The van der Waals surface area contributed by atoms with Crippen molar-refractivity contribution in [3.8, 4) is 5.75 Å². The Kier molecular flexibility index (Phi) is 2.76. The molecule has 0 aliphatic rings. The van der Waals surface area contributed by atoms with Gasteiger partial charge in [0.1, 0.15) is 12.1 Å². The number of benzene rings is 1. The average Bonchev–Trinajstić information content (AvgIpc) is 2.61. The Morgan fingerprint density at radius 1 is 1.44 bits per heavy atom. The molecular weight excluding hydrogens is 206 g/mol. The Balaban J connectivity index is 2.27. The second-order valence-corrected chi connectivity index (χ2v) is 3.53. The van der Waals surface area contributed by atoms with E-state index in [1.54, 1.807) is 14.2 Å². The fraction of sp³-hybridized carbons (Fsp3) is 0.273. The predicted molar refractivity (Wildman–Crippen MR) is 59.6 cm³/mol. The Labute approximate surface area is 92.9 Å². The molecule has 5 heteroatoms. The number of aryl methyl sites for hydroxylation is 1. The Morgan fingerprint density at radius 3 is 2.88 bits per heavy atom. The second-order valence-electron chi connectivity index (χ2n) is 3.53. The van der Waals surface area contributed by atoms with Gasteiger partial charge in [0.15, 0.2) is 0 Å². The Morgan fingerprint density at radius 2 is 2.25 bits per heavy atom. The van der Waals surface area contributed by atoms with Gasteiger partial charge < -0.3 is 4.74 Å². The van der Waals surface area contributed by atoms with Crippen molar-refractivity contribution in [3.63, 3.8) is 0 Å². The maximum Gasteiger partial charge on any atom is 0.345 e. The molecular formula is C11H13N3O2. The van der Waals surface area contributed by atoms with Crippen LogP contribution >= 0.6 is 0 Å². The Bertz CT molecular complexity index is 542. The fourth-order valence-corrected chi connectivity index (χ4v) is 1.47. The minimum atomic E-state index is -0.122. The van der Waals surface area contributed by atoms with E-state index in [4.69, 9.17) is 4.74 Å². The molecule has 1 aromatic heterocycles. The number of methoxy groups -OCH3 is 1. The quantitative estimate of drug-likeness (QED) is 0.761. The Hall–Kier alpha value is -2.04. The molecule has 0 bridgehead atoms. The zero-order chi connectivity index (χ0) is 11.5. The lowest BCUT2D eigenvalue weighted by molar-refractivity contribution is 0.414. The molecule has 1 aromatic carbocycles. The SMILES string of the molecule is COc1cccc(Cn2ncn(C)c2=O)c1. The first-order chi connectivity index (χ1) is 7.70. The summed E-state index contributed by atoms with van der Waals surface area (Å²) < 4.78 is 7.97. The first-order valence-corrected chi connectivity index (χ1v) is 4.92. The van der Waals surface area contributed by atoms with Gasteiger partial charge in [0.2, 0.25) is 0 Å². The summed E-state index contributed by atoms with van der Waals surface area (Å²) in [5.41, 5.74) is 0.864. The van der Waals surface area contributed by atoms with Crippen LogP contribution in [0.2, 0.25) is 0 Å². The van der Waals surface area contributed by atoms with Crippen LogP contribution in [0.5, 0.6) is 5.75 Å². The molecule has 0 N–H and O–H groups in total. The number of ether oxygens (including phenoxy) is 1. The highest BCUT2D eigenvalue weighted by Gasteiger charge is 2.03. The van der Waals surface area contributed by atoms with E-state index >= 15 is 0 Å². The lowest BCUT2D eigenvalue weighted by atomic mass is 10.2. The molecule has 0 unspecified atom stereocenters. The molecule has 16 heavy (non-hydrogen) atoms. The van der Waals surface area contributed by atoms with Gasteiger partial charge in [-0.2, -0.15) is 5.10 Å². The normalized spacial score (nSPS) is 10.4. The van der Waals surface area contributed by atoms with Crippen molar-refractivity contribution < 1.29 is 4.74 Å². The lowest BCUT2D eigenvalue weighted by Crippen LogP contribution is -2.23. The van der Waals surface area contributed by atoms with Crippen molar-refractivity contribution in [3.05, 3.63) is 46.6 Å². The van der Waals surface area contributed by atoms with Crippen molar-refractivity contribution in [2.45, 2.75) is 6.54 Å². The summed E-state index contributed by atoms with van der Waals surface area (Å²) in [6.45, 7) is 0.455. The predicted octanol–water partition coefficient (Wildman–Crippen LogP) is 0.639. The van der Waals surface area contributed by atoms with E-state index in [2.05, 4.69) is 5.10 Å². The molecule has 1 heterocycles. The molecule has 0 aliphatic heterocycles. The van der Waals surface area contributed by atoms with E-state index in [-0.39, 0.29) is 5.69 Å². The number of rotatable bonds is 3. The number of aromatic nitrogens is 3. The monoisotopic (exact) mass is 219 g/mol. The van der Waals surface area contributed by atoms with Crippen LogP contribution < -0.4 is 10.4 Å². The minimum absolute atomic E-state index is 0.122. The summed E-state index contributed by atoms with van der Waals surface area (Å²) >= 11 is 0. The first-order valence-electron chi connectivity index (χ1n) is 4.92. The largest absolute Gasteiger partial charge is 0.497 e. The van der Waals surface area contributed by atoms with Gasteiger partial charge in [0.05, 0.1) is 13.7 Å². The van der Waals surface area contributed by atoms with E-state index in [1.807, 2.05) is 24.3 Å². The molecule has 0 atom stereocenters. The molecule has 0 aliphatic carbocycles. The highest BCUT2D eigenvalue weighted by Crippen LogP contribution is 2.12. The summed E-state index contributed by atoms with van der Waals surface area (Å²) in [6, 6.07) is 7.58. The van der Waals surface area contributed by atoms with E-state index in [0.717, 1.165) is 11.3 Å². The molecule has 0 fully saturated rings. The number of hydrogen-bond donors (Lipinski definition) is 0. The van der Waals surface area contributed by atoms with Gasteiger partial charge >= 0.3 is 5.69 Å². The molecule has 0 spiro atoms. The van der Waals surface area contributed by atoms with Crippen LogP contribution in [0.1, 0.15) is 5.56 Å². The molecule has 2 aromatic rings. The van der Waals surface area contributed by atoms with Crippen molar-refractivity contribution in [2.24, 2.45) is 7.05 Å². The number of hydrogen-bond acceptors (Lipinski definition) is 3. The molecule has 0 radical (unpaired) electrons. The maximum atomic E-state index is 11.6. The van der Waals surface area contributed by atoms with Crippen molar-refractivity contribution in [1.82, 2.24) is 14.3 Å². The fourth-order valence-electron chi connectivity index (χ4n) is 1.47. The van der Waals surface area contributed by atoms with Crippen LogP contribution in [0.3, 0.4) is 0 Å². The maximum absolute atomic E-state index is 11.6. The van der Waals surface area contributed by atoms with Crippen molar-refractivity contribution in [2.75, 3.05) is 7.11 Å². The molecule has 0 saturated heterocycles. The van der Waals surface area contributed by atoms with Crippen LogP contribution in [-0.2, 0) is 13.6 Å². The van der Waals surface area contributed by atoms with Gasteiger partial charge in [-0.05, 0) is 17.7 Å². The summed E-state index contributed by atoms with van der Waals surface area (Å²) in [6.07, 6.45) is 1.50. The molecule has 2 rings (SSSR count). The van der Waals surface area contributed by atoms with E-state index in [9.17, 15) is 4.79 Å². The van der Waals surface area contributed by atoms with Crippen LogP contribution in [0, 0.1) is 0 Å². The third-order valence-corrected chi connectivity index (χ3v) is 2.35. The van der Waals surface area contributed by atoms with Gasteiger partial charge in [-0.1, -0.05) is 12.1 Å². The standard InChI is InChI=1S/C11H13N3O2/c1-13-8-12-14(11(13)15)7-9-4-3-5-10(6-9)16-2/h3-6,8H,7H2,1-2H3. The van der Waals surface area contributed by atoms with E-state index in [0.29, 0.717) is 6.54 Å². The van der Waals surface area contributed by atoms with Gasteiger partial charge in [-0.3, -0.25) is 4.57 Å². The zero-order valence-corrected chi connectivity index (χ0v) is 9.25. The van der Waals surface area contributed by atoms with Crippen LogP contribution in [0.15, 0.2) is 35.4 Å². The van der Waals surface area contributed by atoms with Crippen molar-refractivity contribution >= 4 is 0 Å². The molecule has 0 saturated carbocycles. The summed E-state index contributed by atoms with van der Waals surface area (Å²) in [7, 11) is 3.30. The summed E-state index contributed by atoms with van der Waals surface area (Å²) in [5, 5.41) is 3.99. The van der Waals surface area contributed by atoms with Gasteiger partial charge in [0.25, 0.3) is 0 Å². The van der Waals surface area contributed by atoms with Crippen molar-refractivity contribution in [1.29, 1.82) is 0 Å². The van der Waals surface area contributed by atoms with E-state index in [1.165, 1.54) is 15.6 Å². The van der Waals surface area contributed by atoms with Crippen LogP contribution in [0.25, 0.3) is 0 Å². The molecule has 84 valence electrons. The third-order valence-electron chi connectivity index (χ3n) is 2.35. The first kappa shape index (κ1) is 10.5. The highest BCUT2D eigenvalue weighted by molar-refractivity contribution is 5.28. The third kappa shape index (κ3) is 1.98. The second kappa shape index (κ2) is 4.22. The van der Waals surface area contributed by atoms with Gasteiger partial charge in [-0.15, -0.1) is 0 Å². The average molecular weight is 219 g/mol. The number of nitrogens with zero attached hydrogens (tertiary/aromatic N) is 3. The highest BCUT2D eigenvalue weighted by atomic mass is 16.5. The molecule has 5 nitrogen and oxygen atoms in total. The summed E-state index contributed by atoms with van der Waals surface area (Å²) in [4.78, 5) is 11.6. The minimum Gasteiger partial charge on any atom is -0.497 e. The van der Waals surface area contributed by atoms with Gasteiger partial charge in [0, 0.05) is 7.05 Å².